The molecule has 3 heterocycles. The summed E-state index contributed by atoms with van der Waals surface area (Å²) in [5.41, 5.74) is 2.95. The van der Waals surface area contributed by atoms with Crippen LogP contribution in [0, 0.1) is 11.3 Å². The summed E-state index contributed by atoms with van der Waals surface area (Å²) in [4.78, 5) is 32.7. The Labute approximate surface area is 244 Å². The van der Waals surface area contributed by atoms with Crippen LogP contribution in [0.3, 0.4) is 0 Å². The molecule has 208 valence electrons. The SMILES string of the molecule is CCOC(=O)C1=C(C)N=c2s/c(=C\c3ccc(OCc4ccc(C#N)cc4)c(OCC)c3)c(=O)n2[C@H]1c1cccs1. The fourth-order valence-corrected chi connectivity index (χ4v) is 6.37. The first kappa shape index (κ1) is 28.1. The maximum Gasteiger partial charge on any atom is 0.338 e. The highest BCUT2D eigenvalue weighted by Gasteiger charge is 2.33. The van der Waals surface area contributed by atoms with Gasteiger partial charge >= 0.3 is 5.97 Å². The molecule has 1 aliphatic rings. The van der Waals surface area contributed by atoms with Crippen LogP contribution in [0.1, 0.15) is 48.4 Å². The average Bonchev–Trinajstić information content (AvgIpc) is 3.61. The second-order valence-electron chi connectivity index (χ2n) is 9.05. The van der Waals surface area contributed by atoms with Crippen molar-refractivity contribution in [2.45, 2.75) is 33.4 Å². The number of hydrogen-bond acceptors (Lipinski definition) is 9. The molecule has 8 nitrogen and oxygen atoms in total. The van der Waals surface area contributed by atoms with Gasteiger partial charge in [-0.2, -0.15) is 5.26 Å². The van der Waals surface area contributed by atoms with E-state index in [1.807, 2.05) is 54.8 Å². The van der Waals surface area contributed by atoms with Gasteiger partial charge < -0.3 is 14.2 Å². The summed E-state index contributed by atoms with van der Waals surface area (Å²) in [6, 6.07) is 18.0. The number of allylic oxidation sites excluding steroid dienone is 1. The van der Waals surface area contributed by atoms with Crippen molar-refractivity contribution in [2.24, 2.45) is 4.99 Å². The normalized spacial score (nSPS) is 14.7. The molecule has 0 radical (unpaired) electrons. The highest BCUT2D eigenvalue weighted by Crippen LogP contribution is 2.33. The van der Waals surface area contributed by atoms with E-state index in [-0.39, 0.29) is 12.2 Å². The first-order chi connectivity index (χ1) is 19.9. The summed E-state index contributed by atoms with van der Waals surface area (Å²) in [6.07, 6.45) is 1.80. The van der Waals surface area contributed by atoms with Crippen molar-refractivity contribution in [3.63, 3.8) is 0 Å². The Morgan fingerprint density at radius 1 is 1.10 bits per heavy atom. The Hall–Kier alpha value is -4.46. The largest absolute Gasteiger partial charge is 0.490 e. The number of thiophene rings is 1. The number of aromatic nitrogens is 1. The molecule has 0 bridgehead atoms. The van der Waals surface area contributed by atoms with Gasteiger partial charge in [0.1, 0.15) is 12.6 Å². The zero-order chi connectivity index (χ0) is 28.9. The van der Waals surface area contributed by atoms with Gasteiger partial charge in [-0.1, -0.05) is 35.6 Å². The summed E-state index contributed by atoms with van der Waals surface area (Å²) in [7, 11) is 0. The van der Waals surface area contributed by atoms with Crippen LogP contribution in [0.4, 0.5) is 0 Å². The number of ether oxygens (including phenoxy) is 3. The van der Waals surface area contributed by atoms with Crippen LogP contribution in [-0.4, -0.2) is 23.8 Å². The van der Waals surface area contributed by atoms with E-state index in [1.54, 1.807) is 36.6 Å². The van der Waals surface area contributed by atoms with E-state index in [0.717, 1.165) is 16.0 Å². The molecule has 0 fully saturated rings. The average molecular weight is 586 g/mol. The van der Waals surface area contributed by atoms with Crippen LogP contribution in [0.25, 0.3) is 6.08 Å². The molecule has 0 saturated carbocycles. The van der Waals surface area contributed by atoms with E-state index in [9.17, 15) is 9.59 Å². The predicted molar refractivity (Wildman–Crippen MR) is 158 cm³/mol. The quantitative estimate of drug-likeness (QED) is 0.264. The summed E-state index contributed by atoms with van der Waals surface area (Å²) in [5, 5.41) is 10.9. The lowest BCUT2D eigenvalue weighted by Gasteiger charge is -2.23. The molecule has 2 aromatic carbocycles. The van der Waals surface area contributed by atoms with Gasteiger partial charge in [0, 0.05) is 4.88 Å². The first-order valence-electron chi connectivity index (χ1n) is 13.0. The number of nitriles is 1. The van der Waals surface area contributed by atoms with Gasteiger partial charge in [0.2, 0.25) is 0 Å². The molecule has 0 unspecified atom stereocenters. The number of benzene rings is 2. The first-order valence-corrected chi connectivity index (χ1v) is 14.7. The monoisotopic (exact) mass is 585 g/mol. The van der Waals surface area contributed by atoms with Gasteiger partial charge in [0.05, 0.1) is 40.6 Å². The Bertz CT molecular complexity index is 1830. The van der Waals surface area contributed by atoms with Crippen molar-refractivity contribution in [1.29, 1.82) is 5.26 Å². The third kappa shape index (κ3) is 5.87. The van der Waals surface area contributed by atoms with Crippen molar-refractivity contribution in [3.8, 4) is 17.6 Å². The zero-order valence-electron chi connectivity index (χ0n) is 22.7. The van der Waals surface area contributed by atoms with Crippen LogP contribution < -0.4 is 24.4 Å². The molecule has 0 aliphatic carbocycles. The molecule has 1 atom stereocenters. The topological polar surface area (TPSA) is 103 Å². The van der Waals surface area contributed by atoms with Crippen LogP contribution in [0.2, 0.25) is 0 Å². The van der Waals surface area contributed by atoms with Crippen molar-refractivity contribution < 1.29 is 19.0 Å². The predicted octanol–water partition coefficient (Wildman–Crippen LogP) is 4.71. The number of carbonyl (C=O) groups is 1. The number of fused-ring (bicyclic) bond motifs is 1. The van der Waals surface area contributed by atoms with E-state index >= 15 is 0 Å². The molecule has 0 spiro atoms. The fraction of sp³-hybridized carbons (Fsp3) is 0.226. The van der Waals surface area contributed by atoms with E-state index in [4.69, 9.17) is 19.5 Å². The molecule has 4 aromatic rings. The zero-order valence-corrected chi connectivity index (χ0v) is 24.4. The minimum absolute atomic E-state index is 0.229. The number of hydrogen-bond donors (Lipinski definition) is 0. The lowest BCUT2D eigenvalue weighted by molar-refractivity contribution is -0.139. The van der Waals surface area contributed by atoms with Crippen molar-refractivity contribution in [3.05, 3.63) is 113 Å². The summed E-state index contributed by atoms with van der Waals surface area (Å²) < 4.78 is 19.3. The lowest BCUT2D eigenvalue weighted by Crippen LogP contribution is -2.39. The molecule has 1 aliphatic heterocycles. The van der Waals surface area contributed by atoms with Gasteiger partial charge in [-0.15, -0.1) is 11.3 Å². The standard InChI is InChI=1S/C31H27N3O5S2/c1-4-37-24-15-22(12-13-23(24)39-18-21-10-8-20(17-32)9-11-21)16-26-29(35)34-28(25-7-6-14-40-25)27(30(36)38-5-2)19(3)33-31(34)41-26/h6-16,28H,4-5,18H2,1-3H3/b26-16-/t28-/m0/s1. The molecule has 5 rings (SSSR count). The van der Waals surface area contributed by atoms with Crippen LogP contribution in [0.15, 0.2) is 81.0 Å². The molecular weight excluding hydrogens is 558 g/mol. The highest BCUT2D eigenvalue weighted by atomic mass is 32.1. The lowest BCUT2D eigenvalue weighted by atomic mass is 10.0. The highest BCUT2D eigenvalue weighted by molar-refractivity contribution is 7.10. The number of rotatable bonds is 9. The smallest absolute Gasteiger partial charge is 0.338 e. The molecule has 41 heavy (non-hydrogen) atoms. The molecule has 0 N–H and O–H groups in total. The van der Waals surface area contributed by atoms with E-state index in [1.165, 1.54) is 22.7 Å². The number of esters is 1. The second-order valence-corrected chi connectivity index (χ2v) is 11.0. The van der Waals surface area contributed by atoms with Gasteiger partial charge in [0.15, 0.2) is 16.3 Å². The maximum absolute atomic E-state index is 13.8. The van der Waals surface area contributed by atoms with Crippen molar-refractivity contribution in [1.82, 2.24) is 4.57 Å². The minimum atomic E-state index is -0.607. The molecule has 0 amide bonds. The number of carbonyl (C=O) groups excluding carboxylic acids is 1. The van der Waals surface area contributed by atoms with Crippen molar-refractivity contribution >= 4 is 34.7 Å². The van der Waals surface area contributed by atoms with Gasteiger partial charge in [-0.25, -0.2) is 9.79 Å². The van der Waals surface area contributed by atoms with Gasteiger partial charge in [-0.3, -0.25) is 9.36 Å². The van der Waals surface area contributed by atoms with Gasteiger partial charge in [-0.05, 0) is 73.7 Å². The molecular formula is C31H27N3O5S2. The Kier molecular flexibility index (Phi) is 8.47. The number of thiazole rings is 1. The van der Waals surface area contributed by atoms with Crippen LogP contribution in [-0.2, 0) is 16.1 Å². The number of nitrogens with zero attached hydrogens (tertiary/aromatic N) is 3. The minimum Gasteiger partial charge on any atom is -0.490 e. The van der Waals surface area contributed by atoms with Gasteiger partial charge in [0.25, 0.3) is 5.56 Å². The fourth-order valence-electron chi connectivity index (χ4n) is 4.50. The van der Waals surface area contributed by atoms with E-state index in [2.05, 4.69) is 11.1 Å². The Balaban J connectivity index is 1.50. The Morgan fingerprint density at radius 2 is 1.90 bits per heavy atom. The molecule has 10 heteroatoms. The third-order valence-electron chi connectivity index (χ3n) is 6.37. The maximum atomic E-state index is 13.8. The third-order valence-corrected chi connectivity index (χ3v) is 8.28. The van der Waals surface area contributed by atoms with E-state index in [0.29, 0.717) is 50.9 Å². The summed E-state index contributed by atoms with van der Waals surface area (Å²) in [5.74, 6) is 0.654. The summed E-state index contributed by atoms with van der Waals surface area (Å²) in [6.45, 7) is 6.40. The molecule has 0 saturated heterocycles. The molecule has 2 aromatic heterocycles. The van der Waals surface area contributed by atoms with E-state index < -0.39 is 12.0 Å². The Morgan fingerprint density at radius 3 is 2.59 bits per heavy atom. The van der Waals surface area contributed by atoms with Crippen molar-refractivity contribution in [2.75, 3.05) is 13.2 Å². The summed E-state index contributed by atoms with van der Waals surface area (Å²) >= 11 is 2.75. The van der Waals surface area contributed by atoms with Crippen LogP contribution >= 0.6 is 22.7 Å². The second kappa shape index (κ2) is 12.4. The van der Waals surface area contributed by atoms with Crippen LogP contribution in [0.5, 0.6) is 11.5 Å².